The van der Waals surface area contributed by atoms with Crippen LogP contribution in [0.2, 0.25) is 0 Å². The normalized spacial score (nSPS) is 15.0. The number of rotatable bonds is 9. The van der Waals surface area contributed by atoms with Crippen LogP contribution in [0.25, 0.3) is 10.8 Å². The summed E-state index contributed by atoms with van der Waals surface area (Å²) in [6, 6.07) is 11.1. The van der Waals surface area contributed by atoms with Crippen LogP contribution < -0.4 is 14.4 Å². The Balaban J connectivity index is 1.91. The average Bonchev–Trinajstić information content (AvgIpc) is 3.06. The van der Waals surface area contributed by atoms with Gasteiger partial charge in [0.05, 0.1) is 36.4 Å². The molecule has 0 saturated heterocycles. The van der Waals surface area contributed by atoms with Gasteiger partial charge in [-0.2, -0.15) is 0 Å². The number of fused-ring (bicyclic) bond motifs is 2. The smallest absolute Gasteiger partial charge is 0.307 e. The van der Waals surface area contributed by atoms with E-state index in [9.17, 15) is 14.7 Å². The van der Waals surface area contributed by atoms with Crippen molar-refractivity contribution in [2.24, 2.45) is 0 Å². The van der Waals surface area contributed by atoms with Crippen molar-refractivity contribution < 1.29 is 33.7 Å². The summed E-state index contributed by atoms with van der Waals surface area (Å²) in [4.78, 5) is 25.6. The number of carboxylic acid groups (broad SMARTS) is 1. The molecular formula is C26H26FNO6. The van der Waals surface area contributed by atoms with Crippen LogP contribution in [0.5, 0.6) is 11.5 Å². The Hall–Kier alpha value is -3.65. The van der Waals surface area contributed by atoms with Crippen LogP contribution in [0.4, 0.5) is 10.1 Å². The maximum absolute atomic E-state index is 15.0. The van der Waals surface area contributed by atoms with E-state index in [4.69, 9.17) is 14.6 Å². The van der Waals surface area contributed by atoms with Gasteiger partial charge in [-0.1, -0.05) is 44.2 Å². The third kappa shape index (κ3) is 4.05. The Labute approximate surface area is 196 Å². The van der Waals surface area contributed by atoms with E-state index in [2.05, 4.69) is 0 Å². The molecule has 1 heterocycles. The highest BCUT2D eigenvalue weighted by atomic mass is 19.1. The lowest BCUT2D eigenvalue weighted by atomic mass is 9.98. The SMILES string of the molecule is CCCOc1c2c(c(OCCC)c3ccccc13)C(O)N(c1ccc(CC(=O)O)cc1F)C2=O. The van der Waals surface area contributed by atoms with E-state index in [1.165, 1.54) is 12.1 Å². The Kier molecular flexibility index (Phi) is 6.70. The minimum atomic E-state index is -1.51. The second kappa shape index (κ2) is 9.69. The number of carbonyl (C=O) groups is 2. The predicted octanol–water partition coefficient (Wildman–Crippen LogP) is 4.83. The second-order valence-electron chi connectivity index (χ2n) is 8.09. The van der Waals surface area contributed by atoms with Gasteiger partial charge in [0.25, 0.3) is 5.91 Å². The standard InChI is InChI=1S/C26H26FNO6/c1-3-11-33-23-16-7-5-6-8-17(16)24(34-12-4-2)22-21(23)25(31)28(26(22)32)19-10-9-15(13-18(19)27)14-20(29)30/h5-10,13,25,31H,3-4,11-12,14H2,1-2H3,(H,29,30). The minimum absolute atomic E-state index is 0.139. The highest BCUT2D eigenvalue weighted by Gasteiger charge is 2.44. The number of benzene rings is 3. The Morgan fingerprint density at radius 2 is 1.65 bits per heavy atom. The molecule has 34 heavy (non-hydrogen) atoms. The topological polar surface area (TPSA) is 96.3 Å². The molecule has 0 spiro atoms. The van der Waals surface area contributed by atoms with Gasteiger partial charge in [-0.05, 0) is 30.5 Å². The van der Waals surface area contributed by atoms with Crippen molar-refractivity contribution >= 4 is 28.3 Å². The molecule has 2 N–H and O–H groups in total. The van der Waals surface area contributed by atoms with E-state index in [1.54, 1.807) is 0 Å². The van der Waals surface area contributed by atoms with Crippen LogP contribution in [0.1, 0.15) is 54.4 Å². The summed E-state index contributed by atoms with van der Waals surface area (Å²) in [5.41, 5.74) is 0.462. The number of nitrogens with zero attached hydrogens (tertiary/aromatic N) is 1. The van der Waals surface area contributed by atoms with Crippen molar-refractivity contribution in [3.63, 3.8) is 0 Å². The molecular weight excluding hydrogens is 441 g/mol. The fourth-order valence-electron chi connectivity index (χ4n) is 4.20. The summed E-state index contributed by atoms with van der Waals surface area (Å²) in [5.74, 6) is -1.84. The molecule has 1 amide bonds. The summed E-state index contributed by atoms with van der Waals surface area (Å²) in [5, 5.41) is 21.6. The number of carboxylic acids is 1. The third-order valence-corrected chi connectivity index (χ3v) is 5.62. The van der Waals surface area contributed by atoms with Crippen molar-refractivity contribution in [1.29, 1.82) is 0 Å². The zero-order valence-corrected chi connectivity index (χ0v) is 19.0. The first-order valence-electron chi connectivity index (χ1n) is 11.2. The summed E-state index contributed by atoms with van der Waals surface area (Å²) in [6.07, 6.45) is -0.451. The lowest BCUT2D eigenvalue weighted by molar-refractivity contribution is -0.136. The van der Waals surface area contributed by atoms with Crippen molar-refractivity contribution in [3.05, 3.63) is 65.0 Å². The highest BCUT2D eigenvalue weighted by Crippen LogP contribution is 2.50. The van der Waals surface area contributed by atoms with Crippen LogP contribution >= 0.6 is 0 Å². The largest absolute Gasteiger partial charge is 0.492 e. The van der Waals surface area contributed by atoms with Gasteiger partial charge in [0, 0.05) is 10.8 Å². The number of aliphatic carboxylic acids is 1. The molecule has 3 aromatic carbocycles. The van der Waals surface area contributed by atoms with Crippen LogP contribution in [0.15, 0.2) is 42.5 Å². The second-order valence-corrected chi connectivity index (χ2v) is 8.09. The number of hydrogen-bond acceptors (Lipinski definition) is 5. The lowest BCUT2D eigenvalue weighted by Gasteiger charge is -2.22. The first kappa shape index (κ1) is 23.5. The van der Waals surface area contributed by atoms with E-state index >= 15 is 4.39 Å². The van der Waals surface area contributed by atoms with Gasteiger partial charge in [-0.3, -0.25) is 14.5 Å². The highest BCUT2D eigenvalue weighted by molar-refractivity contribution is 6.17. The van der Waals surface area contributed by atoms with Gasteiger partial charge < -0.3 is 19.7 Å². The average molecular weight is 467 g/mol. The number of aliphatic hydroxyl groups excluding tert-OH is 1. The molecule has 0 radical (unpaired) electrons. The molecule has 0 saturated carbocycles. The van der Waals surface area contributed by atoms with Gasteiger partial charge in [0.2, 0.25) is 0 Å². The maximum atomic E-state index is 15.0. The Bertz CT molecular complexity index is 1260. The molecule has 1 unspecified atom stereocenters. The number of anilines is 1. The van der Waals surface area contributed by atoms with Crippen molar-refractivity contribution in [2.75, 3.05) is 18.1 Å². The van der Waals surface area contributed by atoms with Crippen molar-refractivity contribution in [3.8, 4) is 11.5 Å². The summed E-state index contributed by atoms with van der Waals surface area (Å²) >= 11 is 0. The summed E-state index contributed by atoms with van der Waals surface area (Å²) in [7, 11) is 0. The predicted molar refractivity (Wildman–Crippen MR) is 125 cm³/mol. The molecule has 178 valence electrons. The lowest BCUT2D eigenvalue weighted by Crippen LogP contribution is -2.28. The molecule has 8 heteroatoms. The molecule has 0 fully saturated rings. The Morgan fingerprint density at radius 3 is 2.24 bits per heavy atom. The van der Waals surface area contributed by atoms with Gasteiger partial charge in [-0.15, -0.1) is 0 Å². The molecule has 4 rings (SSSR count). The van der Waals surface area contributed by atoms with Crippen LogP contribution in [-0.4, -0.2) is 35.3 Å². The molecule has 1 atom stereocenters. The van der Waals surface area contributed by atoms with E-state index in [-0.39, 0.29) is 28.8 Å². The number of aliphatic hydroxyl groups is 1. The summed E-state index contributed by atoms with van der Waals surface area (Å²) in [6.45, 7) is 4.61. The van der Waals surface area contributed by atoms with E-state index < -0.39 is 23.9 Å². The van der Waals surface area contributed by atoms with Crippen molar-refractivity contribution in [1.82, 2.24) is 0 Å². The molecule has 0 bridgehead atoms. The van der Waals surface area contributed by atoms with Gasteiger partial charge in [0.15, 0.2) is 6.23 Å². The molecule has 0 aliphatic carbocycles. The number of halogens is 1. The van der Waals surface area contributed by atoms with Gasteiger partial charge in [0.1, 0.15) is 17.3 Å². The maximum Gasteiger partial charge on any atom is 0.307 e. The van der Waals surface area contributed by atoms with E-state index in [1.807, 2.05) is 38.1 Å². The Morgan fingerprint density at radius 1 is 1.03 bits per heavy atom. The monoisotopic (exact) mass is 467 g/mol. The number of carbonyl (C=O) groups excluding carboxylic acids is 1. The van der Waals surface area contributed by atoms with Crippen LogP contribution in [0, 0.1) is 5.82 Å². The molecule has 1 aliphatic rings. The van der Waals surface area contributed by atoms with Crippen LogP contribution in [-0.2, 0) is 11.2 Å². The molecule has 0 aromatic heterocycles. The minimum Gasteiger partial charge on any atom is -0.492 e. The fraction of sp³-hybridized carbons (Fsp3) is 0.308. The number of ether oxygens (including phenoxy) is 2. The van der Waals surface area contributed by atoms with Crippen molar-refractivity contribution in [2.45, 2.75) is 39.3 Å². The quantitative estimate of drug-likeness (QED) is 0.468. The molecule has 1 aliphatic heterocycles. The third-order valence-electron chi connectivity index (χ3n) is 5.62. The zero-order chi connectivity index (χ0) is 24.4. The first-order chi connectivity index (χ1) is 16.4. The zero-order valence-electron chi connectivity index (χ0n) is 19.0. The van der Waals surface area contributed by atoms with Gasteiger partial charge >= 0.3 is 5.97 Å². The molecule has 3 aromatic rings. The number of amides is 1. The van der Waals surface area contributed by atoms with E-state index in [0.29, 0.717) is 48.3 Å². The van der Waals surface area contributed by atoms with E-state index in [0.717, 1.165) is 11.0 Å². The van der Waals surface area contributed by atoms with Gasteiger partial charge in [-0.25, -0.2) is 4.39 Å². The number of hydrogen-bond donors (Lipinski definition) is 2. The van der Waals surface area contributed by atoms with Crippen LogP contribution in [0.3, 0.4) is 0 Å². The summed E-state index contributed by atoms with van der Waals surface area (Å²) < 4.78 is 27.1. The first-order valence-corrected chi connectivity index (χ1v) is 11.2. The molecule has 7 nitrogen and oxygen atoms in total. The fourth-order valence-corrected chi connectivity index (χ4v) is 4.20.